The van der Waals surface area contributed by atoms with E-state index in [1.807, 2.05) is 115 Å². The van der Waals surface area contributed by atoms with Gasteiger partial charge >= 0.3 is 5.97 Å². The number of amides is 2. The van der Waals surface area contributed by atoms with Crippen LogP contribution in [0.15, 0.2) is 115 Å². The van der Waals surface area contributed by atoms with Gasteiger partial charge < -0.3 is 15.0 Å². The van der Waals surface area contributed by atoms with Crippen LogP contribution in [0.4, 0.5) is 0 Å². The van der Waals surface area contributed by atoms with E-state index in [2.05, 4.69) is 5.32 Å². The Labute approximate surface area is 261 Å². The number of hydrogen-bond acceptors (Lipinski definition) is 6. The molecular weight excluding hydrogens is 572 g/mol. The Hall–Kier alpha value is -4.69. The van der Waals surface area contributed by atoms with Crippen molar-refractivity contribution in [1.82, 2.24) is 10.2 Å². The summed E-state index contributed by atoms with van der Waals surface area (Å²) in [6.45, 7) is 1.34. The number of carbonyl (C=O) groups excluding carboxylic acids is 4. The Bertz CT molecular complexity index is 1560. The van der Waals surface area contributed by atoms with Crippen molar-refractivity contribution in [2.75, 3.05) is 6.54 Å². The number of carbonyl (C=O) groups is 4. The van der Waals surface area contributed by atoms with Crippen molar-refractivity contribution in [3.8, 4) is 0 Å². The number of rotatable bonds is 10. The molecule has 44 heavy (non-hydrogen) atoms. The maximum absolute atomic E-state index is 13.9. The summed E-state index contributed by atoms with van der Waals surface area (Å²) in [7, 11) is 0. The highest BCUT2D eigenvalue weighted by atomic mass is 32.2. The van der Waals surface area contributed by atoms with E-state index in [9.17, 15) is 19.2 Å². The van der Waals surface area contributed by atoms with Crippen molar-refractivity contribution in [3.05, 3.63) is 143 Å². The van der Waals surface area contributed by atoms with Crippen LogP contribution in [0.25, 0.3) is 0 Å². The first kappa shape index (κ1) is 30.8. The van der Waals surface area contributed by atoms with Crippen LogP contribution in [-0.2, 0) is 43.3 Å². The number of thioether (sulfide) groups is 1. The minimum Gasteiger partial charge on any atom is -0.451 e. The second kappa shape index (κ2) is 14.7. The normalized spacial score (nSPS) is 15.2. The van der Waals surface area contributed by atoms with Gasteiger partial charge in [0.25, 0.3) is 0 Å². The van der Waals surface area contributed by atoms with E-state index in [1.54, 1.807) is 0 Å². The van der Waals surface area contributed by atoms with Gasteiger partial charge in [0.1, 0.15) is 12.6 Å². The zero-order valence-corrected chi connectivity index (χ0v) is 25.2. The van der Waals surface area contributed by atoms with Crippen molar-refractivity contribution in [1.29, 1.82) is 0 Å². The first-order valence-electron chi connectivity index (χ1n) is 14.5. The maximum atomic E-state index is 13.9. The predicted molar refractivity (Wildman–Crippen MR) is 171 cm³/mol. The molecule has 1 N–H and O–H groups in total. The SMILES string of the molecule is CC(=O)S[C@@H](Cc1ccccc1)C(=O)NC1Cc2ccccc2CN(CC(=O)OC(c2ccccc2)c2ccccc2)C1=O. The van der Waals surface area contributed by atoms with Gasteiger partial charge in [-0.25, -0.2) is 0 Å². The summed E-state index contributed by atoms with van der Waals surface area (Å²) in [6.07, 6.45) is -0.0339. The van der Waals surface area contributed by atoms with Gasteiger partial charge in [0, 0.05) is 19.9 Å². The van der Waals surface area contributed by atoms with Gasteiger partial charge in [0.2, 0.25) is 11.8 Å². The molecule has 7 nitrogen and oxygen atoms in total. The van der Waals surface area contributed by atoms with Gasteiger partial charge in [-0.05, 0) is 34.2 Å². The summed E-state index contributed by atoms with van der Waals surface area (Å²) < 4.78 is 6.01. The van der Waals surface area contributed by atoms with Crippen LogP contribution in [0, 0.1) is 0 Å². The van der Waals surface area contributed by atoms with Crippen molar-refractivity contribution >= 4 is 34.7 Å². The van der Waals surface area contributed by atoms with Crippen LogP contribution in [0.1, 0.15) is 40.8 Å². The number of fused-ring (bicyclic) bond motifs is 1. The van der Waals surface area contributed by atoms with Crippen molar-refractivity contribution < 1.29 is 23.9 Å². The molecular formula is C36H34N2O5S. The molecule has 0 fully saturated rings. The van der Waals surface area contributed by atoms with Crippen LogP contribution in [0.5, 0.6) is 0 Å². The topological polar surface area (TPSA) is 92.8 Å². The molecule has 1 aliphatic heterocycles. The molecule has 0 saturated heterocycles. The summed E-state index contributed by atoms with van der Waals surface area (Å²) >= 11 is 0.947. The number of nitrogens with one attached hydrogen (secondary N) is 1. The minimum absolute atomic E-state index is 0.186. The van der Waals surface area contributed by atoms with E-state index >= 15 is 0 Å². The predicted octanol–water partition coefficient (Wildman–Crippen LogP) is 5.28. The fourth-order valence-corrected chi connectivity index (χ4v) is 6.21. The zero-order valence-electron chi connectivity index (χ0n) is 24.4. The second-order valence-electron chi connectivity index (χ2n) is 10.7. The molecule has 4 aromatic carbocycles. The fraction of sp³-hybridized carbons (Fsp3) is 0.222. The van der Waals surface area contributed by atoms with Gasteiger partial charge in [0.15, 0.2) is 11.2 Å². The Morgan fingerprint density at radius 3 is 1.95 bits per heavy atom. The molecule has 2 amide bonds. The Morgan fingerprint density at radius 1 is 0.818 bits per heavy atom. The monoisotopic (exact) mass is 606 g/mol. The van der Waals surface area contributed by atoms with E-state index in [4.69, 9.17) is 4.74 Å². The van der Waals surface area contributed by atoms with Gasteiger partial charge in [-0.15, -0.1) is 0 Å². The number of hydrogen-bond donors (Lipinski definition) is 1. The van der Waals surface area contributed by atoms with E-state index in [0.29, 0.717) is 6.42 Å². The van der Waals surface area contributed by atoms with Crippen LogP contribution >= 0.6 is 11.8 Å². The van der Waals surface area contributed by atoms with Gasteiger partial charge in [-0.3, -0.25) is 19.2 Å². The summed E-state index contributed by atoms with van der Waals surface area (Å²) in [5.41, 5.74) is 4.35. The van der Waals surface area contributed by atoms with E-state index in [-0.39, 0.29) is 30.5 Å². The molecule has 1 heterocycles. The molecule has 0 radical (unpaired) electrons. The molecule has 224 valence electrons. The Kier molecular flexibility index (Phi) is 10.2. The summed E-state index contributed by atoms with van der Waals surface area (Å²) in [4.78, 5) is 54.4. The first-order valence-corrected chi connectivity index (χ1v) is 15.4. The Morgan fingerprint density at radius 2 is 1.36 bits per heavy atom. The third-order valence-electron chi connectivity index (χ3n) is 7.47. The summed E-state index contributed by atoms with van der Waals surface area (Å²) in [5.74, 6) is -1.34. The fourth-order valence-electron chi connectivity index (χ4n) is 5.36. The van der Waals surface area contributed by atoms with Crippen LogP contribution < -0.4 is 5.32 Å². The zero-order chi connectivity index (χ0) is 30.9. The quantitative estimate of drug-likeness (QED) is 0.247. The van der Waals surface area contributed by atoms with E-state index < -0.39 is 29.3 Å². The van der Waals surface area contributed by atoms with Gasteiger partial charge in [-0.2, -0.15) is 0 Å². The summed E-state index contributed by atoms with van der Waals surface area (Å²) in [5, 5.41) is 2.02. The molecule has 0 aliphatic carbocycles. The Balaban J connectivity index is 1.36. The molecule has 1 aliphatic rings. The molecule has 0 spiro atoms. The molecule has 0 bridgehead atoms. The number of nitrogens with zero attached hydrogens (tertiary/aromatic N) is 1. The lowest BCUT2D eigenvalue weighted by Gasteiger charge is -2.26. The third-order valence-corrected chi connectivity index (χ3v) is 8.47. The van der Waals surface area contributed by atoms with Crippen molar-refractivity contribution in [3.63, 3.8) is 0 Å². The lowest BCUT2D eigenvalue weighted by molar-refractivity contribution is -0.153. The highest BCUT2D eigenvalue weighted by molar-refractivity contribution is 8.14. The third kappa shape index (κ3) is 8.02. The molecule has 1 unspecified atom stereocenters. The first-order chi connectivity index (χ1) is 21.4. The molecule has 4 aromatic rings. The average Bonchev–Trinajstić information content (AvgIpc) is 3.16. The molecule has 0 saturated carbocycles. The molecule has 5 rings (SSSR count). The minimum atomic E-state index is -0.913. The second-order valence-corrected chi connectivity index (χ2v) is 12.1. The molecule has 8 heteroatoms. The molecule has 0 aromatic heterocycles. The van der Waals surface area contributed by atoms with Gasteiger partial charge in [0.05, 0.1) is 5.25 Å². The number of benzene rings is 4. The van der Waals surface area contributed by atoms with Crippen LogP contribution in [0.2, 0.25) is 0 Å². The molecule has 2 atom stereocenters. The van der Waals surface area contributed by atoms with E-state index in [1.165, 1.54) is 11.8 Å². The number of ether oxygens (including phenoxy) is 1. The standard InChI is InChI=1S/C36H34N2O5S/c1-25(39)44-32(21-26-13-5-2-6-14-26)35(41)37-31-22-29-19-11-12-20-30(29)23-38(36(31)42)24-33(40)43-34(27-15-7-3-8-16-27)28-17-9-4-10-18-28/h2-20,31-32,34H,21-24H2,1H3,(H,37,41)/t31?,32-/m0/s1. The van der Waals surface area contributed by atoms with Crippen LogP contribution in [-0.4, -0.2) is 45.6 Å². The lowest BCUT2D eigenvalue weighted by atomic mass is 10.0. The average molecular weight is 607 g/mol. The van der Waals surface area contributed by atoms with Crippen molar-refractivity contribution in [2.24, 2.45) is 0 Å². The van der Waals surface area contributed by atoms with E-state index in [0.717, 1.165) is 39.6 Å². The summed E-state index contributed by atoms with van der Waals surface area (Å²) in [6, 6.07) is 35.1. The van der Waals surface area contributed by atoms with Crippen molar-refractivity contribution in [2.45, 2.75) is 43.7 Å². The highest BCUT2D eigenvalue weighted by Crippen LogP contribution is 2.27. The highest BCUT2D eigenvalue weighted by Gasteiger charge is 2.34. The number of esters is 1. The van der Waals surface area contributed by atoms with Gasteiger partial charge in [-0.1, -0.05) is 127 Å². The lowest BCUT2D eigenvalue weighted by Crippen LogP contribution is -2.51. The maximum Gasteiger partial charge on any atom is 0.326 e. The van der Waals surface area contributed by atoms with Crippen LogP contribution in [0.3, 0.4) is 0 Å². The largest absolute Gasteiger partial charge is 0.451 e. The smallest absolute Gasteiger partial charge is 0.326 e.